The Morgan fingerprint density at radius 2 is 1.86 bits per heavy atom. The second-order valence-corrected chi connectivity index (χ2v) is 5.08. The van der Waals surface area contributed by atoms with E-state index in [2.05, 4.69) is 26.8 Å². The molecule has 0 aliphatic heterocycles. The highest BCUT2D eigenvalue weighted by Crippen LogP contribution is 2.37. The van der Waals surface area contributed by atoms with Crippen LogP contribution in [0.15, 0.2) is 24.3 Å². The number of halogens is 1. The Labute approximate surface area is 91.3 Å². The smallest absolute Gasteiger partial charge is 0.0441 e. The Hall–Kier alpha value is -0.530. The second kappa shape index (κ2) is 4.33. The summed E-state index contributed by atoms with van der Waals surface area (Å²) in [6.45, 7) is 7.20. The van der Waals surface area contributed by atoms with Crippen LogP contribution in [0.4, 0.5) is 0 Å². The van der Waals surface area contributed by atoms with Gasteiger partial charge in [-0.3, -0.25) is 0 Å². The molecule has 0 saturated heterocycles. The summed E-state index contributed by atoms with van der Waals surface area (Å²) in [7, 11) is 0. The zero-order chi connectivity index (χ0) is 10.8. The van der Waals surface area contributed by atoms with Crippen LogP contribution in [-0.2, 0) is 0 Å². The van der Waals surface area contributed by atoms with Gasteiger partial charge in [0.05, 0.1) is 0 Å². The predicted molar refractivity (Wildman–Crippen MR) is 62.7 cm³/mol. The number of nitrogens with two attached hydrogens (primary N) is 1. The van der Waals surface area contributed by atoms with E-state index >= 15 is 0 Å². The first-order valence-electron chi connectivity index (χ1n) is 4.91. The lowest BCUT2D eigenvalue weighted by Crippen LogP contribution is -2.26. The van der Waals surface area contributed by atoms with Crippen molar-refractivity contribution in [1.29, 1.82) is 0 Å². The summed E-state index contributed by atoms with van der Waals surface area (Å²) in [4.78, 5) is 0. The van der Waals surface area contributed by atoms with Gasteiger partial charge < -0.3 is 5.73 Å². The van der Waals surface area contributed by atoms with Crippen LogP contribution in [0, 0.1) is 5.41 Å². The molecule has 1 atom stereocenters. The Morgan fingerprint density at radius 3 is 2.29 bits per heavy atom. The van der Waals surface area contributed by atoms with Crippen molar-refractivity contribution < 1.29 is 0 Å². The summed E-state index contributed by atoms with van der Waals surface area (Å²) in [6, 6.07) is 7.94. The molecule has 2 heteroatoms. The highest BCUT2D eigenvalue weighted by atomic mass is 35.5. The quantitative estimate of drug-likeness (QED) is 0.797. The maximum Gasteiger partial charge on any atom is 0.0441 e. The summed E-state index contributed by atoms with van der Waals surface area (Å²) < 4.78 is 0. The molecule has 0 aliphatic rings. The molecule has 0 aromatic heterocycles. The van der Waals surface area contributed by atoms with Gasteiger partial charge in [0.15, 0.2) is 0 Å². The molecule has 0 fully saturated rings. The van der Waals surface area contributed by atoms with Gasteiger partial charge in [0, 0.05) is 10.9 Å². The highest BCUT2D eigenvalue weighted by molar-refractivity contribution is 6.31. The molecule has 0 aliphatic carbocycles. The second-order valence-electron chi connectivity index (χ2n) is 4.68. The summed E-state index contributed by atoms with van der Waals surface area (Å²) in [5, 5.41) is 0.817. The van der Waals surface area contributed by atoms with Gasteiger partial charge in [0.2, 0.25) is 0 Å². The van der Waals surface area contributed by atoms with Crippen LogP contribution >= 0.6 is 11.6 Å². The van der Waals surface area contributed by atoms with E-state index in [1.54, 1.807) is 0 Å². The van der Waals surface area contributed by atoms with E-state index in [1.165, 1.54) is 0 Å². The lowest BCUT2D eigenvalue weighted by molar-refractivity contribution is 0.325. The van der Waals surface area contributed by atoms with Crippen LogP contribution in [-0.4, -0.2) is 6.54 Å². The third-order valence-corrected chi connectivity index (χ3v) is 2.91. The summed E-state index contributed by atoms with van der Waals surface area (Å²) in [6.07, 6.45) is 0. The van der Waals surface area contributed by atoms with E-state index in [0.29, 0.717) is 12.5 Å². The standard InChI is InChI=1S/C12H18ClN/c1-12(2,3)10(8-14)9-6-4-5-7-11(9)13/h4-7,10H,8,14H2,1-3H3. The first-order valence-corrected chi connectivity index (χ1v) is 5.29. The third-order valence-electron chi connectivity index (χ3n) is 2.56. The Kier molecular flexibility index (Phi) is 3.57. The molecular weight excluding hydrogens is 194 g/mol. The molecule has 0 spiro atoms. The number of hydrogen-bond donors (Lipinski definition) is 1. The van der Waals surface area contributed by atoms with Crippen LogP contribution in [0.1, 0.15) is 32.3 Å². The van der Waals surface area contributed by atoms with Crippen molar-refractivity contribution in [2.24, 2.45) is 11.1 Å². The fourth-order valence-corrected chi connectivity index (χ4v) is 1.97. The molecule has 78 valence electrons. The van der Waals surface area contributed by atoms with Gasteiger partial charge >= 0.3 is 0 Å². The molecule has 0 saturated carbocycles. The van der Waals surface area contributed by atoms with Gasteiger partial charge in [-0.2, -0.15) is 0 Å². The van der Waals surface area contributed by atoms with Crippen LogP contribution in [0.3, 0.4) is 0 Å². The topological polar surface area (TPSA) is 26.0 Å². The summed E-state index contributed by atoms with van der Waals surface area (Å²) in [5.74, 6) is 0.316. The summed E-state index contributed by atoms with van der Waals surface area (Å²) >= 11 is 6.15. The van der Waals surface area contributed by atoms with Crippen molar-refractivity contribution in [3.63, 3.8) is 0 Å². The van der Waals surface area contributed by atoms with Crippen LogP contribution < -0.4 is 5.73 Å². The van der Waals surface area contributed by atoms with E-state index < -0.39 is 0 Å². The molecule has 2 N–H and O–H groups in total. The molecule has 0 radical (unpaired) electrons. The van der Waals surface area contributed by atoms with E-state index in [4.69, 9.17) is 17.3 Å². The van der Waals surface area contributed by atoms with Gasteiger partial charge in [-0.15, -0.1) is 0 Å². The van der Waals surface area contributed by atoms with Crippen molar-refractivity contribution in [3.8, 4) is 0 Å². The van der Waals surface area contributed by atoms with Crippen molar-refractivity contribution in [2.45, 2.75) is 26.7 Å². The predicted octanol–water partition coefficient (Wildman–Crippen LogP) is 3.43. The average molecular weight is 212 g/mol. The lowest BCUT2D eigenvalue weighted by Gasteiger charge is -2.30. The van der Waals surface area contributed by atoms with E-state index in [1.807, 2.05) is 18.2 Å². The maximum absolute atomic E-state index is 6.15. The Bertz CT molecular complexity index is 301. The zero-order valence-corrected chi connectivity index (χ0v) is 9.81. The molecule has 0 heterocycles. The van der Waals surface area contributed by atoms with Crippen molar-refractivity contribution >= 4 is 11.6 Å². The van der Waals surface area contributed by atoms with E-state index in [0.717, 1.165) is 10.6 Å². The highest BCUT2D eigenvalue weighted by Gasteiger charge is 2.26. The van der Waals surface area contributed by atoms with Crippen LogP contribution in [0.2, 0.25) is 5.02 Å². The molecular formula is C12H18ClN. The molecule has 1 aromatic carbocycles. The van der Waals surface area contributed by atoms with Crippen molar-refractivity contribution in [3.05, 3.63) is 34.9 Å². The van der Waals surface area contributed by atoms with E-state index in [9.17, 15) is 0 Å². The minimum absolute atomic E-state index is 0.153. The van der Waals surface area contributed by atoms with Gasteiger partial charge in [-0.05, 0) is 23.6 Å². The van der Waals surface area contributed by atoms with Crippen LogP contribution in [0.25, 0.3) is 0 Å². The fraction of sp³-hybridized carbons (Fsp3) is 0.500. The van der Waals surface area contributed by atoms with Gasteiger partial charge in [-0.1, -0.05) is 50.6 Å². The monoisotopic (exact) mass is 211 g/mol. The number of rotatable bonds is 2. The van der Waals surface area contributed by atoms with Crippen LogP contribution in [0.5, 0.6) is 0 Å². The zero-order valence-electron chi connectivity index (χ0n) is 9.05. The molecule has 1 unspecified atom stereocenters. The van der Waals surface area contributed by atoms with Crippen molar-refractivity contribution in [1.82, 2.24) is 0 Å². The minimum Gasteiger partial charge on any atom is -0.330 e. The third kappa shape index (κ3) is 2.49. The molecule has 14 heavy (non-hydrogen) atoms. The first-order chi connectivity index (χ1) is 6.46. The van der Waals surface area contributed by atoms with Crippen molar-refractivity contribution in [2.75, 3.05) is 6.54 Å². The molecule has 1 aromatic rings. The molecule has 0 amide bonds. The SMILES string of the molecule is CC(C)(C)C(CN)c1ccccc1Cl. The fourth-order valence-electron chi connectivity index (χ4n) is 1.70. The average Bonchev–Trinajstić information content (AvgIpc) is 2.07. The van der Waals surface area contributed by atoms with Gasteiger partial charge in [0.1, 0.15) is 0 Å². The van der Waals surface area contributed by atoms with Gasteiger partial charge in [0.25, 0.3) is 0 Å². The molecule has 1 nitrogen and oxygen atoms in total. The number of benzene rings is 1. The Morgan fingerprint density at radius 1 is 1.29 bits per heavy atom. The van der Waals surface area contributed by atoms with E-state index in [-0.39, 0.29) is 5.41 Å². The van der Waals surface area contributed by atoms with Gasteiger partial charge in [-0.25, -0.2) is 0 Å². The first kappa shape index (κ1) is 11.5. The minimum atomic E-state index is 0.153. The number of hydrogen-bond acceptors (Lipinski definition) is 1. The largest absolute Gasteiger partial charge is 0.330 e. The Balaban J connectivity index is 3.08. The molecule has 0 bridgehead atoms. The molecule has 1 rings (SSSR count). The lowest BCUT2D eigenvalue weighted by atomic mass is 9.76. The normalized spacial score (nSPS) is 14.1. The summed E-state index contributed by atoms with van der Waals surface area (Å²) in [5.41, 5.74) is 7.11. The maximum atomic E-state index is 6.15.